The summed E-state index contributed by atoms with van der Waals surface area (Å²) in [5.74, 6) is 0.563. The lowest BCUT2D eigenvalue weighted by Gasteiger charge is -2.21. The minimum Gasteiger partial charge on any atom is -0.496 e. The van der Waals surface area contributed by atoms with Crippen LogP contribution in [0.4, 0.5) is 5.69 Å². The second-order valence-corrected chi connectivity index (χ2v) is 3.86. The number of nitrogens with two attached hydrogens (primary N) is 1. The first-order chi connectivity index (χ1) is 6.86. The van der Waals surface area contributed by atoms with Crippen LogP contribution in [0.3, 0.4) is 0 Å². The van der Waals surface area contributed by atoms with E-state index >= 15 is 0 Å². The van der Waals surface area contributed by atoms with Crippen molar-refractivity contribution >= 4 is 5.69 Å². The molecular weight excluding hydrogens is 196 g/mol. The molecule has 5 heteroatoms. The fraction of sp³-hybridized carbons (Fsp3) is 0.400. The average Bonchev–Trinajstić information content (AvgIpc) is 2.15. The third-order valence-corrected chi connectivity index (χ3v) is 2.09. The van der Waals surface area contributed by atoms with Gasteiger partial charge >= 0.3 is 0 Å². The Kier molecular flexibility index (Phi) is 2.95. The van der Waals surface area contributed by atoms with Crippen molar-refractivity contribution in [1.29, 1.82) is 0 Å². The molecule has 1 aromatic carbocycles. The Morgan fingerprint density at radius 2 is 2.07 bits per heavy atom. The fourth-order valence-electron chi connectivity index (χ4n) is 1.31. The van der Waals surface area contributed by atoms with E-state index in [2.05, 4.69) is 0 Å². The van der Waals surface area contributed by atoms with Gasteiger partial charge in [0.2, 0.25) is 0 Å². The summed E-state index contributed by atoms with van der Waals surface area (Å²) in [5, 5.41) is 10.6. The van der Waals surface area contributed by atoms with Gasteiger partial charge in [0.05, 0.1) is 12.0 Å². The Labute approximate surface area is 88.0 Å². The molecule has 0 heterocycles. The first kappa shape index (κ1) is 11.5. The van der Waals surface area contributed by atoms with Crippen molar-refractivity contribution in [2.24, 2.45) is 5.73 Å². The van der Waals surface area contributed by atoms with Gasteiger partial charge in [0, 0.05) is 23.2 Å². The van der Waals surface area contributed by atoms with E-state index in [1.807, 2.05) is 0 Å². The number of benzene rings is 1. The Hall–Kier alpha value is -1.62. The zero-order valence-corrected chi connectivity index (χ0v) is 8.98. The lowest BCUT2D eigenvalue weighted by atomic mass is 9.94. The van der Waals surface area contributed by atoms with Crippen LogP contribution >= 0.6 is 0 Å². The molecule has 0 amide bonds. The predicted molar refractivity (Wildman–Crippen MR) is 56.9 cm³/mol. The number of nitrogens with zero attached hydrogens (tertiary/aromatic N) is 1. The van der Waals surface area contributed by atoms with Crippen molar-refractivity contribution in [2.45, 2.75) is 19.4 Å². The van der Waals surface area contributed by atoms with Crippen LogP contribution in [0, 0.1) is 10.1 Å². The maximum absolute atomic E-state index is 10.6. The van der Waals surface area contributed by atoms with Gasteiger partial charge < -0.3 is 10.5 Å². The number of rotatable bonds is 3. The highest BCUT2D eigenvalue weighted by atomic mass is 16.6. The van der Waals surface area contributed by atoms with Crippen LogP contribution in [0.5, 0.6) is 5.75 Å². The largest absolute Gasteiger partial charge is 0.496 e. The number of nitro groups is 1. The molecular formula is C10H14N2O3. The SMILES string of the molecule is COc1ccc([N+](=O)[O-])cc1C(C)(C)N. The highest BCUT2D eigenvalue weighted by Gasteiger charge is 2.22. The molecule has 0 aliphatic heterocycles. The van der Waals surface area contributed by atoms with Crippen molar-refractivity contribution in [3.63, 3.8) is 0 Å². The van der Waals surface area contributed by atoms with Crippen LogP contribution in [0.2, 0.25) is 0 Å². The fourth-order valence-corrected chi connectivity index (χ4v) is 1.31. The second-order valence-electron chi connectivity index (χ2n) is 3.86. The first-order valence-corrected chi connectivity index (χ1v) is 4.48. The van der Waals surface area contributed by atoms with E-state index < -0.39 is 10.5 Å². The molecule has 0 aliphatic carbocycles. The zero-order chi connectivity index (χ0) is 11.6. The minimum atomic E-state index is -0.669. The molecule has 0 saturated carbocycles. The third-order valence-electron chi connectivity index (χ3n) is 2.09. The lowest BCUT2D eigenvalue weighted by molar-refractivity contribution is -0.385. The molecule has 0 spiro atoms. The van der Waals surface area contributed by atoms with E-state index in [0.717, 1.165) is 0 Å². The van der Waals surface area contributed by atoms with Gasteiger partial charge in [0.25, 0.3) is 5.69 Å². The van der Waals surface area contributed by atoms with Gasteiger partial charge in [-0.1, -0.05) is 0 Å². The summed E-state index contributed by atoms with van der Waals surface area (Å²) in [7, 11) is 1.51. The van der Waals surface area contributed by atoms with E-state index in [4.69, 9.17) is 10.5 Å². The Bertz CT molecular complexity index is 383. The summed E-state index contributed by atoms with van der Waals surface area (Å²) >= 11 is 0. The summed E-state index contributed by atoms with van der Waals surface area (Å²) in [6.07, 6.45) is 0. The van der Waals surface area contributed by atoms with Gasteiger partial charge in [0.15, 0.2) is 0 Å². The summed E-state index contributed by atoms with van der Waals surface area (Å²) in [6.45, 7) is 3.54. The van der Waals surface area contributed by atoms with Gasteiger partial charge in [-0.2, -0.15) is 0 Å². The van der Waals surface area contributed by atoms with Crippen LogP contribution < -0.4 is 10.5 Å². The summed E-state index contributed by atoms with van der Waals surface area (Å²) in [5.41, 5.74) is 5.87. The van der Waals surface area contributed by atoms with Crippen LogP contribution in [-0.2, 0) is 5.54 Å². The maximum atomic E-state index is 10.6. The van der Waals surface area contributed by atoms with E-state index in [1.54, 1.807) is 19.9 Å². The van der Waals surface area contributed by atoms with Crippen LogP contribution in [-0.4, -0.2) is 12.0 Å². The second kappa shape index (κ2) is 3.86. The summed E-state index contributed by atoms with van der Waals surface area (Å²) in [6, 6.07) is 4.40. The number of methoxy groups -OCH3 is 1. The van der Waals surface area contributed by atoms with Crippen LogP contribution in [0.25, 0.3) is 0 Å². The Morgan fingerprint density at radius 3 is 2.47 bits per heavy atom. The molecule has 0 aromatic heterocycles. The maximum Gasteiger partial charge on any atom is 0.270 e. The summed E-state index contributed by atoms with van der Waals surface area (Å²) in [4.78, 5) is 10.2. The molecule has 0 radical (unpaired) electrons. The molecule has 2 N–H and O–H groups in total. The van der Waals surface area contributed by atoms with Gasteiger partial charge in [0.1, 0.15) is 5.75 Å². The standard InChI is InChI=1S/C10H14N2O3/c1-10(2,11)8-6-7(12(13)14)4-5-9(8)15-3/h4-6H,11H2,1-3H3. The van der Waals surface area contributed by atoms with Gasteiger partial charge in [-0.05, 0) is 19.9 Å². The minimum absolute atomic E-state index is 0.0179. The molecule has 0 fully saturated rings. The van der Waals surface area contributed by atoms with Gasteiger partial charge in [-0.25, -0.2) is 0 Å². The monoisotopic (exact) mass is 210 g/mol. The van der Waals surface area contributed by atoms with Crippen molar-refractivity contribution in [2.75, 3.05) is 7.11 Å². The Morgan fingerprint density at radius 1 is 1.47 bits per heavy atom. The van der Waals surface area contributed by atoms with Crippen LogP contribution in [0.15, 0.2) is 18.2 Å². The highest BCUT2D eigenvalue weighted by molar-refractivity contribution is 5.46. The third kappa shape index (κ3) is 2.44. The molecule has 5 nitrogen and oxygen atoms in total. The number of hydrogen-bond donors (Lipinski definition) is 1. The molecule has 15 heavy (non-hydrogen) atoms. The first-order valence-electron chi connectivity index (χ1n) is 4.48. The number of hydrogen-bond acceptors (Lipinski definition) is 4. The zero-order valence-electron chi connectivity index (χ0n) is 8.98. The average molecular weight is 210 g/mol. The summed E-state index contributed by atoms with van der Waals surface area (Å²) < 4.78 is 5.10. The molecule has 1 rings (SSSR count). The van der Waals surface area contributed by atoms with E-state index in [-0.39, 0.29) is 5.69 Å². The molecule has 0 unspecified atom stereocenters. The van der Waals surface area contributed by atoms with Crippen molar-refractivity contribution in [1.82, 2.24) is 0 Å². The normalized spacial score (nSPS) is 11.2. The molecule has 0 bridgehead atoms. The van der Waals surface area contributed by atoms with Crippen molar-refractivity contribution in [3.8, 4) is 5.75 Å². The molecule has 82 valence electrons. The van der Waals surface area contributed by atoms with E-state index in [9.17, 15) is 10.1 Å². The topological polar surface area (TPSA) is 78.4 Å². The van der Waals surface area contributed by atoms with Gasteiger partial charge in [-0.3, -0.25) is 10.1 Å². The van der Waals surface area contributed by atoms with E-state index in [0.29, 0.717) is 11.3 Å². The Balaban J connectivity index is 3.32. The van der Waals surface area contributed by atoms with Crippen molar-refractivity contribution in [3.05, 3.63) is 33.9 Å². The number of non-ortho nitro benzene ring substituents is 1. The van der Waals surface area contributed by atoms with Crippen molar-refractivity contribution < 1.29 is 9.66 Å². The molecule has 0 atom stereocenters. The smallest absolute Gasteiger partial charge is 0.270 e. The van der Waals surface area contributed by atoms with E-state index in [1.165, 1.54) is 19.2 Å². The molecule has 0 saturated heterocycles. The predicted octanol–water partition coefficient (Wildman–Crippen LogP) is 1.80. The van der Waals surface area contributed by atoms with Crippen LogP contribution in [0.1, 0.15) is 19.4 Å². The molecule has 1 aromatic rings. The number of nitro benzene ring substituents is 1. The van der Waals surface area contributed by atoms with Gasteiger partial charge in [-0.15, -0.1) is 0 Å². The quantitative estimate of drug-likeness (QED) is 0.609. The number of ether oxygens (including phenoxy) is 1. The highest BCUT2D eigenvalue weighted by Crippen LogP contribution is 2.31. The molecule has 0 aliphatic rings. The lowest BCUT2D eigenvalue weighted by Crippen LogP contribution is -2.29.